The molecule has 6 heteroatoms. The van der Waals surface area contributed by atoms with Gasteiger partial charge >= 0.3 is 0 Å². The Morgan fingerprint density at radius 3 is 2.47 bits per heavy atom. The molecule has 174 valence electrons. The molecule has 1 aromatic carbocycles. The molecule has 0 atom stereocenters. The number of methoxy groups -OCH3 is 2. The number of H-pyrrole nitrogens is 1. The maximum absolute atomic E-state index is 5.58. The Balaban J connectivity index is 1.32. The maximum Gasteiger partial charge on any atom is 0.238 e. The quantitative estimate of drug-likeness (QED) is 0.420. The highest BCUT2D eigenvalue weighted by atomic mass is 16.5. The molecule has 4 heterocycles. The highest BCUT2D eigenvalue weighted by Crippen LogP contribution is 2.34. The third-order valence-corrected chi connectivity index (χ3v) is 6.63. The second-order valence-corrected chi connectivity index (χ2v) is 8.55. The smallest absolute Gasteiger partial charge is 0.238 e. The molecule has 0 bridgehead atoms. The van der Waals surface area contributed by atoms with Crippen LogP contribution in [0.5, 0.6) is 11.6 Å². The zero-order chi connectivity index (χ0) is 23.3. The standard InChI is InChI=1S/C28H30N4O2/c1-33-24-19-31-28(34-2)27-26(24)22(18-30-27)13-17-32-15-11-21(12-16-32)25(20-8-4-3-5-9-20)23-10-6-7-14-29-23/h3-10,14,18-19,30H,11-13,15-17H2,1-2H3. The molecule has 34 heavy (non-hydrogen) atoms. The van der Waals surface area contributed by atoms with Crippen molar-refractivity contribution < 1.29 is 9.47 Å². The lowest BCUT2D eigenvalue weighted by molar-refractivity contribution is 0.260. The van der Waals surface area contributed by atoms with E-state index < -0.39 is 0 Å². The fourth-order valence-corrected chi connectivity index (χ4v) is 4.89. The predicted octanol–water partition coefficient (Wildman–Crippen LogP) is 5.12. The van der Waals surface area contributed by atoms with Crippen LogP contribution in [0.4, 0.5) is 0 Å². The molecule has 0 saturated carbocycles. The molecule has 1 saturated heterocycles. The number of rotatable bonds is 7. The van der Waals surface area contributed by atoms with Crippen molar-refractivity contribution in [2.45, 2.75) is 19.3 Å². The molecule has 5 rings (SSSR count). The van der Waals surface area contributed by atoms with Crippen LogP contribution in [-0.4, -0.2) is 53.7 Å². The molecular formula is C28H30N4O2. The minimum Gasteiger partial charge on any atom is -0.494 e. The van der Waals surface area contributed by atoms with Crippen molar-refractivity contribution in [3.63, 3.8) is 0 Å². The van der Waals surface area contributed by atoms with Crippen LogP contribution in [0.3, 0.4) is 0 Å². The largest absolute Gasteiger partial charge is 0.494 e. The molecule has 0 unspecified atom stereocenters. The number of hydrogen-bond acceptors (Lipinski definition) is 5. The molecule has 3 aromatic heterocycles. The number of aromatic amines is 1. The van der Waals surface area contributed by atoms with Crippen LogP contribution in [0.25, 0.3) is 16.5 Å². The topological polar surface area (TPSA) is 63.3 Å². The molecule has 0 amide bonds. The molecule has 4 aromatic rings. The average Bonchev–Trinajstić information content (AvgIpc) is 3.33. The van der Waals surface area contributed by atoms with Crippen molar-refractivity contribution in [2.24, 2.45) is 0 Å². The van der Waals surface area contributed by atoms with Crippen molar-refractivity contribution in [2.75, 3.05) is 33.9 Å². The number of piperidine rings is 1. The molecular weight excluding hydrogens is 424 g/mol. The number of fused-ring (bicyclic) bond motifs is 1. The van der Waals surface area contributed by atoms with E-state index in [1.54, 1.807) is 20.4 Å². The zero-order valence-electron chi connectivity index (χ0n) is 19.8. The van der Waals surface area contributed by atoms with Crippen LogP contribution in [-0.2, 0) is 6.42 Å². The van der Waals surface area contributed by atoms with E-state index in [1.165, 1.54) is 22.3 Å². The van der Waals surface area contributed by atoms with Gasteiger partial charge in [-0.25, -0.2) is 4.98 Å². The van der Waals surface area contributed by atoms with Crippen LogP contribution in [0.2, 0.25) is 0 Å². The van der Waals surface area contributed by atoms with Gasteiger partial charge in [0.15, 0.2) is 0 Å². The van der Waals surface area contributed by atoms with E-state index in [0.29, 0.717) is 5.88 Å². The first-order valence-electron chi connectivity index (χ1n) is 11.8. The monoisotopic (exact) mass is 454 g/mol. The van der Waals surface area contributed by atoms with Gasteiger partial charge in [0, 0.05) is 37.6 Å². The van der Waals surface area contributed by atoms with Gasteiger partial charge in [-0.3, -0.25) is 4.98 Å². The lowest BCUT2D eigenvalue weighted by Gasteiger charge is -2.30. The van der Waals surface area contributed by atoms with E-state index in [2.05, 4.69) is 68.5 Å². The average molecular weight is 455 g/mol. The summed E-state index contributed by atoms with van der Waals surface area (Å²) in [6, 6.07) is 16.8. The van der Waals surface area contributed by atoms with Crippen LogP contribution in [0.1, 0.15) is 29.7 Å². The Morgan fingerprint density at radius 2 is 1.76 bits per heavy atom. The molecule has 1 aliphatic rings. The molecule has 0 aliphatic carbocycles. The number of benzene rings is 1. The van der Waals surface area contributed by atoms with Gasteiger partial charge in [-0.15, -0.1) is 0 Å². The lowest BCUT2D eigenvalue weighted by Crippen LogP contribution is -2.32. The third-order valence-electron chi connectivity index (χ3n) is 6.63. The van der Waals surface area contributed by atoms with Gasteiger partial charge in [0.1, 0.15) is 11.3 Å². The normalized spacial score (nSPS) is 14.4. The first-order valence-corrected chi connectivity index (χ1v) is 11.8. The summed E-state index contributed by atoms with van der Waals surface area (Å²) >= 11 is 0. The van der Waals surface area contributed by atoms with Gasteiger partial charge in [0.25, 0.3) is 0 Å². The Bertz CT molecular complexity index is 1230. The third kappa shape index (κ3) is 4.41. The van der Waals surface area contributed by atoms with E-state index >= 15 is 0 Å². The van der Waals surface area contributed by atoms with E-state index in [1.807, 2.05) is 12.3 Å². The summed E-state index contributed by atoms with van der Waals surface area (Å²) in [5.41, 5.74) is 7.21. The molecule has 6 nitrogen and oxygen atoms in total. The molecule has 1 fully saturated rings. The van der Waals surface area contributed by atoms with E-state index in [4.69, 9.17) is 9.47 Å². The van der Waals surface area contributed by atoms with Crippen LogP contribution in [0.15, 0.2) is 72.7 Å². The summed E-state index contributed by atoms with van der Waals surface area (Å²) in [7, 11) is 3.33. The SMILES string of the molecule is COc1ncc(OC)c2c(CCN3CCC(=C(c4ccccc4)c4ccccn4)CC3)c[nH]c12. The first kappa shape index (κ1) is 22.2. The number of hydrogen-bond donors (Lipinski definition) is 1. The maximum atomic E-state index is 5.58. The number of nitrogens with one attached hydrogen (secondary N) is 1. The first-order chi connectivity index (χ1) is 16.8. The summed E-state index contributed by atoms with van der Waals surface area (Å²) < 4.78 is 11.0. The Hall–Kier alpha value is -3.64. The van der Waals surface area contributed by atoms with E-state index in [0.717, 1.165) is 61.2 Å². The van der Waals surface area contributed by atoms with E-state index in [9.17, 15) is 0 Å². The summed E-state index contributed by atoms with van der Waals surface area (Å²) in [4.78, 5) is 14.9. The van der Waals surface area contributed by atoms with Crippen molar-refractivity contribution in [1.82, 2.24) is 19.9 Å². The molecule has 1 N–H and O–H groups in total. The molecule has 0 radical (unpaired) electrons. The number of pyridine rings is 2. The fourth-order valence-electron chi connectivity index (χ4n) is 4.89. The predicted molar refractivity (Wildman–Crippen MR) is 135 cm³/mol. The van der Waals surface area contributed by atoms with Crippen molar-refractivity contribution in [3.8, 4) is 11.6 Å². The fraction of sp³-hybridized carbons (Fsp3) is 0.286. The summed E-state index contributed by atoms with van der Waals surface area (Å²) in [6.45, 7) is 3.09. The van der Waals surface area contributed by atoms with Crippen molar-refractivity contribution in [3.05, 3.63) is 89.5 Å². The zero-order valence-corrected chi connectivity index (χ0v) is 19.8. The minimum absolute atomic E-state index is 0.595. The minimum atomic E-state index is 0.595. The van der Waals surface area contributed by atoms with E-state index in [-0.39, 0.29) is 0 Å². The number of ether oxygens (including phenoxy) is 2. The second kappa shape index (κ2) is 10.1. The molecule has 0 spiro atoms. The lowest BCUT2D eigenvalue weighted by atomic mass is 9.90. The van der Waals surface area contributed by atoms with Crippen LogP contribution in [0, 0.1) is 0 Å². The van der Waals surface area contributed by atoms with Gasteiger partial charge < -0.3 is 19.4 Å². The summed E-state index contributed by atoms with van der Waals surface area (Å²) in [5.74, 6) is 1.37. The van der Waals surface area contributed by atoms with Crippen molar-refractivity contribution >= 4 is 16.5 Å². The van der Waals surface area contributed by atoms with Gasteiger partial charge in [-0.2, -0.15) is 0 Å². The van der Waals surface area contributed by atoms with Gasteiger partial charge in [0.05, 0.1) is 31.5 Å². The second-order valence-electron chi connectivity index (χ2n) is 8.55. The molecule has 1 aliphatic heterocycles. The Labute approximate surface area is 200 Å². The highest BCUT2D eigenvalue weighted by molar-refractivity contribution is 5.92. The summed E-state index contributed by atoms with van der Waals surface area (Å²) in [6.07, 6.45) is 8.72. The van der Waals surface area contributed by atoms with Crippen LogP contribution >= 0.6 is 0 Å². The summed E-state index contributed by atoms with van der Waals surface area (Å²) in [5, 5.41) is 1.06. The van der Waals surface area contributed by atoms with Gasteiger partial charge in [-0.1, -0.05) is 42.0 Å². The number of aromatic nitrogens is 3. The van der Waals surface area contributed by atoms with Crippen LogP contribution < -0.4 is 9.47 Å². The van der Waals surface area contributed by atoms with Gasteiger partial charge in [0.2, 0.25) is 5.88 Å². The van der Waals surface area contributed by atoms with Gasteiger partial charge in [-0.05, 0) is 42.5 Å². The number of nitrogens with zero attached hydrogens (tertiary/aromatic N) is 3. The number of likely N-dealkylation sites (tertiary alicyclic amines) is 1. The van der Waals surface area contributed by atoms with Crippen molar-refractivity contribution in [1.29, 1.82) is 0 Å². The highest BCUT2D eigenvalue weighted by Gasteiger charge is 2.21. The Morgan fingerprint density at radius 1 is 0.971 bits per heavy atom. The Kier molecular flexibility index (Phi) is 6.58.